The summed E-state index contributed by atoms with van der Waals surface area (Å²) in [6.45, 7) is 5.74. The number of hydrogen-bond acceptors (Lipinski definition) is 3. The molecule has 2 amide bonds. The zero-order valence-electron chi connectivity index (χ0n) is 10.4. The van der Waals surface area contributed by atoms with Gasteiger partial charge in [-0.05, 0) is 26.3 Å². The minimum Gasteiger partial charge on any atom is -0.336 e. The summed E-state index contributed by atoms with van der Waals surface area (Å²) in [4.78, 5) is 27.0. The number of hydrogen-bond donors (Lipinski definition) is 1. The van der Waals surface area contributed by atoms with Gasteiger partial charge in [-0.25, -0.2) is 4.79 Å². The van der Waals surface area contributed by atoms with Gasteiger partial charge in [-0.15, -0.1) is 0 Å². The second-order valence-corrected chi connectivity index (χ2v) is 4.88. The van der Waals surface area contributed by atoms with Crippen molar-refractivity contribution in [2.75, 3.05) is 32.7 Å². The molecule has 0 aromatic heterocycles. The summed E-state index contributed by atoms with van der Waals surface area (Å²) in [5.74, 6) is 0.260. The van der Waals surface area contributed by atoms with Crippen LogP contribution in [-0.2, 0) is 4.79 Å². The molecule has 2 aliphatic heterocycles. The molecule has 1 N–H and O–H groups in total. The lowest BCUT2D eigenvalue weighted by molar-refractivity contribution is -0.123. The number of urea groups is 1. The number of ketones is 1. The van der Waals surface area contributed by atoms with E-state index in [2.05, 4.69) is 10.2 Å². The molecule has 0 aromatic carbocycles. The lowest BCUT2D eigenvalue weighted by Gasteiger charge is -2.34. The van der Waals surface area contributed by atoms with Crippen molar-refractivity contribution in [3.05, 3.63) is 0 Å². The predicted octanol–water partition coefficient (Wildman–Crippen LogP) is 0.455. The van der Waals surface area contributed by atoms with Gasteiger partial charge in [-0.2, -0.15) is 0 Å². The number of rotatable bonds is 4. The number of carbonyl (C=O) groups excluding carboxylic acids is 2. The number of carbonyl (C=O) groups is 2. The molecule has 2 aliphatic rings. The van der Waals surface area contributed by atoms with Crippen molar-refractivity contribution in [1.29, 1.82) is 0 Å². The molecule has 1 unspecified atom stereocenters. The van der Waals surface area contributed by atoms with Crippen LogP contribution in [0.3, 0.4) is 0 Å². The molecule has 0 bridgehead atoms. The van der Waals surface area contributed by atoms with Gasteiger partial charge in [-0.3, -0.25) is 9.69 Å². The van der Waals surface area contributed by atoms with Crippen LogP contribution in [0.1, 0.15) is 26.2 Å². The van der Waals surface area contributed by atoms with E-state index in [0.29, 0.717) is 0 Å². The van der Waals surface area contributed by atoms with Gasteiger partial charge in [0.1, 0.15) is 5.78 Å². The summed E-state index contributed by atoms with van der Waals surface area (Å²) in [5.41, 5.74) is 0. The molecule has 96 valence electrons. The van der Waals surface area contributed by atoms with Crippen molar-refractivity contribution < 1.29 is 9.59 Å². The average Bonchev–Trinajstić information content (AvgIpc) is 2.72. The van der Waals surface area contributed by atoms with E-state index in [0.717, 1.165) is 52.0 Å². The van der Waals surface area contributed by atoms with Crippen molar-refractivity contribution in [2.45, 2.75) is 32.2 Å². The standard InChI is InChI=1S/C12H21N3O2/c1-10(16)11-4-2-3-6-14(11)8-9-15-7-5-13-12(15)17/h11H,2-9H2,1H3,(H,13,17). The molecule has 0 aliphatic carbocycles. The molecule has 0 radical (unpaired) electrons. The topological polar surface area (TPSA) is 52.7 Å². The number of piperidine rings is 1. The molecular weight excluding hydrogens is 218 g/mol. The second-order valence-electron chi connectivity index (χ2n) is 4.88. The molecule has 2 rings (SSSR count). The van der Waals surface area contributed by atoms with Gasteiger partial charge in [0, 0.05) is 26.2 Å². The molecular formula is C12H21N3O2. The van der Waals surface area contributed by atoms with Crippen molar-refractivity contribution >= 4 is 11.8 Å². The largest absolute Gasteiger partial charge is 0.336 e. The van der Waals surface area contributed by atoms with E-state index in [9.17, 15) is 9.59 Å². The van der Waals surface area contributed by atoms with E-state index < -0.39 is 0 Å². The second kappa shape index (κ2) is 5.49. The van der Waals surface area contributed by atoms with Crippen LogP contribution in [0.2, 0.25) is 0 Å². The quantitative estimate of drug-likeness (QED) is 0.775. The van der Waals surface area contributed by atoms with Crippen molar-refractivity contribution in [3.8, 4) is 0 Å². The fraction of sp³-hybridized carbons (Fsp3) is 0.833. The number of nitrogens with one attached hydrogen (secondary N) is 1. The number of amides is 2. The number of likely N-dealkylation sites (tertiary alicyclic amines) is 1. The van der Waals surface area contributed by atoms with E-state index in [-0.39, 0.29) is 17.9 Å². The highest BCUT2D eigenvalue weighted by molar-refractivity contribution is 5.81. The maximum absolute atomic E-state index is 11.5. The smallest absolute Gasteiger partial charge is 0.317 e. The lowest BCUT2D eigenvalue weighted by Crippen LogP contribution is -2.47. The normalized spacial score (nSPS) is 26.1. The van der Waals surface area contributed by atoms with Crippen LogP contribution in [0.25, 0.3) is 0 Å². The maximum Gasteiger partial charge on any atom is 0.317 e. The van der Waals surface area contributed by atoms with Crippen LogP contribution in [0.5, 0.6) is 0 Å². The van der Waals surface area contributed by atoms with E-state index in [4.69, 9.17) is 0 Å². The SMILES string of the molecule is CC(=O)C1CCCCN1CCN1CCNC1=O. The van der Waals surface area contributed by atoms with Crippen molar-refractivity contribution in [3.63, 3.8) is 0 Å². The van der Waals surface area contributed by atoms with Gasteiger partial charge in [0.2, 0.25) is 0 Å². The highest BCUT2D eigenvalue weighted by Crippen LogP contribution is 2.17. The maximum atomic E-state index is 11.5. The molecule has 0 saturated carbocycles. The Labute approximate surface area is 102 Å². The number of nitrogens with zero attached hydrogens (tertiary/aromatic N) is 2. The highest BCUT2D eigenvalue weighted by atomic mass is 16.2. The summed E-state index contributed by atoms with van der Waals surface area (Å²) in [5, 5.41) is 2.79. The number of Topliss-reactive ketones (excluding diaryl/α,β-unsaturated/α-hetero) is 1. The summed E-state index contributed by atoms with van der Waals surface area (Å²) >= 11 is 0. The molecule has 17 heavy (non-hydrogen) atoms. The first-order valence-corrected chi connectivity index (χ1v) is 6.46. The Hall–Kier alpha value is -1.10. The summed E-state index contributed by atoms with van der Waals surface area (Å²) in [6.07, 6.45) is 3.28. The summed E-state index contributed by atoms with van der Waals surface area (Å²) in [7, 11) is 0. The third-order valence-electron chi connectivity index (χ3n) is 3.69. The minimum atomic E-state index is 0.0291. The van der Waals surface area contributed by atoms with Gasteiger partial charge < -0.3 is 10.2 Å². The fourth-order valence-corrected chi connectivity index (χ4v) is 2.69. The van der Waals surface area contributed by atoms with Crippen LogP contribution in [0, 0.1) is 0 Å². The molecule has 5 nitrogen and oxygen atoms in total. The van der Waals surface area contributed by atoms with Crippen LogP contribution in [0.4, 0.5) is 4.79 Å². The molecule has 2 saturated heterocycles. The summed E-state index contributed by atoms with van der Waals surface area (Å²) < 4.78 is 0. The van der Waals surface area contributed by atoms with Gasteiger partial charge >= 0.3 is 6.03 Å². The first kappa shape index (κ1) is 12.4. The van der Waals surface area contributed by atoms with Crippen molar-refractivity contribution in [2.24, 2.45) is 0 Å². The predicted molar refractivity (Wildman–Crippen MR) is 64.9 cm³/mol. The van der Waals surface area contributed by atoms with Crippen LogP contribution in [0.15, 0.2) is 0 Å². The molecule has 2 fully saturated rings. The zero-order chi connectivity index (χ0) is 12.3. The Morgan fingerprint density at radius 2 is 2.18 bits per heavy atom. The Morgan fingerprint density at radius 3 is 2.82 bits per heavy atom. The van der Waals surface area contributed by atoms with E-state index in [1.54, 1.807) is 6.92 Å². The van der Waals surface area contributed by atoms with Gasteiger partial charge in [-0.1, -0.05) is 6.42 Å². The van der Waals surface area contributed by atoms with Gasteiger partial charge in [0.25, 0.3) is 0 Å². The van der Waals surface area contributed by atoms with Crippen molar-refractivity contribution in [1.82, 2.24) is 15.1 Å². The molecule has 1 atom stereocenters. The molecule has 0 aromatic rings. The fourth-order valence-electron chi connectivity index (χ4n) is 2.69. The third kappa shape index (κ3) is 2.97. The van der Waals surface area contributed by atoms with Crippen LogP contribution >= 0.6 is 0 Å². The van der Waals surface area contributed by atoms with Crippen LogP contribution < -0.4 is 5.32 Å². The van der Waals surface area contributed by atoms with E-state index >= 15 is 0 Å². The first-order valence-electron chi connectivity index (χ1n) is 6.46. The summed E-state index contributed by atoms with van der Waals surface area (Å²) in [6, 6.07) is 0.107. The van der Waals surface area contributed by atoms with Gasteiger partial charge in [0.05, 0.1) is 6.04 Å². The molecule has 2 heterocycles. The molecule has 5 heteroatoms. The Kier molecular flexibility index (Phi) is 3.99. The minimum absolute atomic E-state index is 0.0291. The highest BCUT2D eigenvalue weighted by Gasteiger charge is 2.27. The Morgan fingerprint density at radius 1 is 1.35 bits per heavy atom. The monoisotopic (exact) mass is 239 g/mol. The van der Waals surface area contributed by atoms with E-state index in [1.165, 1.54) is 0 Å². The Balaban J connectivity index is 1.83. The average molecular weight is 239 g/mol. The first-order chi connectivity index (χ1) is 8.18. The third-order valence-corrected chi connectivity index (χ3v) is 3.69. The Bertz CT molecular complexity index is 306. The van der Waals surface area contributed by atoms with E-state index in [1.807, 2.05) is 4.90 Å². The molecule has 0 spiro atoms. The van der Waals surface area contributed by atoms with Crippen LogP contribution in [-0.4, -0.2) is 60.4 Å². The zero-order valence-corrected chi connectivity index (χ0v) is 10.4. The lowest BCUT2D eigenvalue weighted by atomic mass is 9.99. The van der Waals surface area contributed by atoms with Gasteiger partial charge in [0.15, 0.2) is 0 Å².